The van der Waals surface area contributed by atoms with Crippen molar-refractivity contribution >= 4 is 44.1 Å². The molecule has 0 bridgehead atoms. The topological polar surface area (TPSA) is 3.88 Å². The number of aryl methyl sites for hydroxylation is 2. The first-order valence-electron chi connectivity index (χ1n) is 12.0. The smallest absolute Gasteiger partial charge is 0.200 e. The second-order valence-corrected chi connectivity index (χ2v) is 11.1. The molecule has 1 nitrogen and oxygen atoms in total. The van der Waals surface area contributed by atoms with Gasteiger partial charge in [0, 0.05) is 21.2 Å². The number of nitrogens with zero attached hydrogens (tertiary/aromatic N) is 1. The van der Waals surface area contributed by atoms with Crippen molar-refractivity contribution in [2.24, 2.45) is 7.05 Å². The van der Waals surface area contributed by atoms with Crippen molar-refractivity contribution in [1.82, 2.24) is 0 Å². The molecule has 6 rings (SSSR count). The maximum atomic E-state index is 2.44. The van der Waals surface area contributed by atoms with Crippen LogP contribution in [0.4, 0.5) is 0 Å². The zero-order chi connectivity index (χ0) is 23.0. The lowest BCUT2D eigenvalue weighted by Crippen LogP contribution is -2.32. The van der Waals surface area contributed by atoms with Crippen LogP contribution in [0.5, 0.6) is 0 Å². The van der Waals surface area contributed by atoms with Gasteiger partial charge >= 0.3 is 0 Å². The number of aromatic nitrogens is 1. The molecule has 0 aliphatic carbocycles. The number of hydrogen-bond donors (Lipinski definition) is 0. The van der Waals surface area contributed by atoms with Gasteiger partial charge in [-0.15, -0.1) is 0 Å². The molecule has 0 fully saturated rings. The van der Waals surface area contributed by atoms with Crippen LogP contribution in [0.1, 0.15) is 56.2 Å². The monoisotopic (exact) mass is 448 g/mol. The van der Waals surface area contributed by atoms with Crippen molar-refractivity contribution in [3.8, 4) is 11.3 Å². The first-order valence-corrected chi connectivity index (χ1v) is 12.8. The SMILES string of the molecule is Cc1c2c(c(C(C)C)c3ccccc13)Sc1cc3cccc(C(C)C)c3c3cc[n+](C)c-2c13. The zero-order valence-corrected chi connectivity index (χ0v) is 21.1. The van der Waals surface area contributed by atoms with E-state index in [2.05, 4.69) is 107 Å². The van der Waals surface area contributed by atoms with Crippen LogP contribution in [-0.4, -0.2) is 0 Å². The summed E-state index contributed by atoms with van der Waals surface area (Å²) in [7, 11) is 2.21. The summed E-state index contributed by atoms with van der Waals surface area (Å²) >= 11 is 1.98. The molecule has 4 aromatic carbocycles. The molecule has 0 amide bonds. The third-order valence-corrected chi connectivity index (χ3v) is 8.54. The number of benzene rings is 4. The number of pyridine rings is 1. The average molecular weight is 449 g/mol. The number of rotatable bonds is 2. The van der Waals surface area contributed by atoms with Crippen molar-refractivity contribution in [2.75, 3.05) is 0 Å². The van der Waals surface area contributed by atoms with Crippen LogP contribution >= 0.6 is 11.8 Å². The van der Waals surface area contributed by atoms with Gasteiger partial charge < -0.3 is 0 Å². The van der Waals surface area contributed by atoms with E-state index in [0.29, 0.717) is 11.8 Å². The van der Waals surface area contributed by atoms with Gasteiger partial charge in [0.05, 0.1) is 10.9 Å². The van der Waals surface area contributed by atoms with Crippen molar-refractivity contribution in [3.05, 3.63) is 77.5 Å². The van der Waals surface area contributed by atoms with Gasteiger partial charge in [0.25, 0.3) is 0 Å². The van der Waals surface area contributed by atoms with Crippen LogP contribution in [0.15, 0.2) is 70.6 Å². The molecule has 1 aliphatic heterocycles. The summed E-state index contributed by atoms with van der Waals surface area (Å²) in [6.07, 6.45) is 2.27. The molecule has 33 heavy (non-hydrogen) atoms. The lowest BCUT2D eigenvalue weighted by atomic mass is 9.86. The molecule has 0 saturated carbocycles. The predicted octanol–water partition coefficient (Wildman–Crippen LogP) is 8.66. The van der Waals surface area contributed by atoms with E-state index in [0.717, 1.165) is 0 Å². The van der Waals surface area contributed by atoms with Gasteiger partial charge in [-0.1, -0.05) is 81.9 Å². The highest BCUT2D eigenvalue weighted by Gasteiger charge is 2.33. The highest BCUT2D eigenvalue weighted by atomic mass is 32.2. The zero-order valence-electron chi connectivity index (χ0n) is 20.3. The van der Waals surface area contributed by atoms with E-state index in [1.54, 1.807) is 0 Å². The maximum Gasteiger partial charge on any atom is 0.222 e. The maximum absolute atomic E-state index is 2.44. The van der Waals surface area contributed by atoms with Gasteiger partial charge in [-0.05, 0) is 63.1 Å². The molecule has 0 saturated heterocycles. The van der Waals surface area contributed by atoms with Crippen molar-refractivity contribution in [2.45, 2.75) is 56.2 Å². The summed E-state index contributed by atoms with van der Waals surface area (Å²) < 4.78 is 2.35. The normalized spacial score (nSPS) is 13.0. The predicted molar refractivity (Wildman–Crippen MR) is 143 cm³/mol. The van der Waals surface area contributed by atoms with Crippen molar-refractivity contribution in [3.63, 3.8) is 0 Å². The first-order chi connectivity index (χ1) is 15.9. The van der Waals surface area contributed by atoms with E-state index in [4.69, 9.17) is 0 Å². The fraction of sp³-hybridized carbons (Fsp3) is 0.258. The Morgan fingerprint density at radius 3 is 2.27 bits per heavy atom. The third kappa shape index (κ3) is 2.83. The van der Waals surface area contributed by atoms with Crippen LogP contribution in [-0.2, 0) is 7.05 Å². The van der Waals surface area contributed by atoms with Gasteiger partial charge in [0.1, 0.15) is 7.05 Å². The first kappa shape index (κ1) is 20.7. The van der Waals surface area contributed by atoms with E-state index in [-0.39, 0.29) is 0 Å². The highest BCUT2D eigenvalue weighted by molar-refractivity contribution is 8.00. The van der Waals surface area contributed by atoms with Crippen molar-refractivity contribution < 1.29 is 4.57 Å². The van der Waals surface area contributed by atoms with Gasteiger partial charge in [0.2, 0.25) is 5.69 Å². The molecule has 2 heteroatoms. The molecule has 0 radical (unpaired) electrons. The van der Waals surface area contributed by atoms with Gasteiger partial charge in [-0.2, -0.15) is 0 Å². The Morgan fingerprint density at radius 1 is 0.788 bits per heavy atom. The summed E-state index contributed by atoms with van der Waals surface area (Å²) in [5, 5.41) is 8.34. The number of fused-ring (bicyclic) bond motifs is 5. The minimum atomic E-state index is 0.454. The summed E-state index contributed by atoms with van der Waals surface area (Å²) in [5.41, 5.74) is 7.09. The molecular weight excluding hydrogens is 418 g/mol. The minimum Gasteiger partial charge on any atom is -0.200 e. The fourth-order valence-electron chi connectivity index (χ4n) is 5.88. The minimum absolute atomic E-state index is 0.454. The Balaban J connectivity index is 1.86. The Bertz CT molecular complexity index is 1610. The van der Waals surface area contributed by atoms with Crippen LogP contribution in [0, 0.1) is 6.92 Å². The van der Waals surface area contributed by atoms with E-state index >= 15 is 0 Å². The molecule has 0 atom stereocenters. The molecular formula is C31H30NS+. The molecule has 0 spiro atoms. The lowest BCUT2D eigenvalue weighted by Gasteiger charge is -2.26. The Hall–Kier alpha value is -2.84. The second-order valence-electron chi connectivity index (χ2n) is 10.1. The highest BCUT2D eigenvalue weighted by Crippen LogP contribution is 2.54. The summed E-state index contributed by atoms with van der Waals surface area (Å²) in [6, 6.07) is 20.6. The van der Waals surface area contributed by atoms with E-state index in [9.17, 15) is 0 Å². The van der Waals surface area contributed by atoms with Gasteiger partial charge in [0.15, 0.2) is 6.20 Å². The second kappa shape index (κ2) is 7.33. The van der Waals surface area contributed by atoms with E-state index < -0.39 is 0 Å². The molecule has 1 aromatic heterocycles. The fourth-order valence-corrected chi connectivity index (χ4v) is 7.41. The Labute approximate surface area is 200 Å². The van der Waals surface area contributed by atoms with Crippen LogP contribution in [0.2, 0.25) is 0 Å². The molecule has 0 N–H and O–H groups in total. The van der Waals surface area contributed by atoms with Crippen LogP contribution < -0.4 is 4.57 Å². The molecule has 164 valence electrons. The van der Waals surface area contributed by atoms with Crippen molar-refractivity contribution in [1.29, 1.82) is 0 Å². The quantitative estimate of drug-likeness (QED) is 0.189. The summed E-state index contributed by atoms with van der Waals surface area (Å²) in [6.45, 7) is 11.6. The third-order valence-electron chi connectivity index (χ3n) is 7.37. The molecule has 2 heterocycles. The molecule has 0 unspecified atom stereocenters. The summed E-state index contributed by atoms with van der Waals surface area (Å²) in [5.74, 6) is 0.942. The lowest BCUT2D eigenvalue weighted by molar-refractivity contribution is -0.659. The number of hydrogen-bond acceptors (Lipinski definition) is 1. The Kier molecular flexibility index (Phi) is 4.61. The van der Waals surface area contributed by atoms with Crippen LogP contribution in [0.3, 0.4) is 0 Å². The Morgan fingerprint density at radius 2 is 1.55 bits per heavy atom. The van der Waals surface area contributed by atoms with Crippen LogP contribution in [0.25, 0.3) is 43.6 Å². The van der Waals surface area contributed by atoms with Gasteiger partial charge in [-0.25, -0.2) is 4.57 Å². The molecule has 1 aliphatic rings. The van der Waals surface area contributed by atoms with E-state index in [1.807, 2.05) is 11.8 Å². The van der Waals surface area contributed by atoms with E-state index in [1.165, 1.54) is 70.1 Å². The largest absolute Gasteiger partial charge is 0.222 e. The average Bonchev–Trinajstić information content (AvgIpc) is 2.79. The summed E-state index contributed by atoms with van der Waals surface area (Å²) in [4.78, 5) is 2.82. The van der Waals surface area contributed by atoms with Gasteiger partial charge in [-0.3, -0.25) is 0 Å². The standard InChI is InChI=1S/C31H30NS/c1-17(2)21-13-9-10-20-16-25-29-24(28(20)21)14-15-32(6)30(29)27-19(5)22-11-7-8-12-23(22)26(18(3)4)31(27)33-25/h7-18H,1-6H3/q+1. The molecule has 5 aromatic rings.